The van der Waals surface area contributed by atoms with Crippen LogP contribution in [0.4, 0.5) is 18.0 Å². The van der Waals surface area contributed by atoms with Crippen LogP contribution in [0.1, 0.15) is 38.9 Å². The van der Waals surface area contributed by atoms with Crippen LogP contribution in [0.15, 0.2) is 24.3 Å². The molecule has 0 aliphatic carbocycles. The van der Waals surface area contributed by atoms with Gasteiger partial charge < -0.3 is 9.84 Å². The molecule has 0 spiro atoms. The van der Waals surface area contributed by atoms with Crippen molar-refractivity contribution in [2.45, 2.75) is 44.9 Å². The molecule has 4 nitrogen and oxygen atoms in total. The molecule has 0 saturated carbocycles. The number of rotatable bonds is 2. The highest BCUT2D eigenvalue weighted by atomic mass is 19.2. The Bertz CT molecular complexity index is 670. The van der Waals surface area contributed by atoms with Crippen molar-refractivity contribution >= 4 is 6.09 Å². The summed E-state index contributed by atoms with van der Waals surface area (Å²) in [5.41, 5.74) is -0.359. The summed E-state index contributed by atoms with van der Waals surface area (Å²) in [7, 11) is 0. The number of nitrogens with zero attached hydrogens (tertiary/aromatic N) is 1. The maximum atomic E-state index is 14.2. The molecule has 0 aromatic heterocycles. The number of benzene rings is 1. The molecular weight excluding hydrogens is 323 g/mol. The monoisotopic (exact) mass is 343 g/mol. The second-order valence-electron chi connectivity index (χ2n) is 6.86. The summed E-state index contributed by atoms with van der Waals surface area (Å²) in [5, 5.41) is 9.59. The Kier molecular flexibility index (Phi) is 4.94. The van der Waals surface area contributed by atoms with Gasteiger partial charge in [0.15, 0.2) is 11.6 Å². The molecule has 7 heteroatoms. The summed E-state index contributed by atoms with van der Waals surface area (Å²) in [5.74, 6) is -3.50. The Labute approximate surface area is 138 Å². The number of carbonyl (C=O) groups is 1. The van der Waals surface area contributed by atoms with E-state index in [2.05, 4.69) is 6.58 Å². The van der Waals surface area contributed by atoms with Gasteiger partial charge in [0, 0.05) is 17.2 Å². The number of ether oxygens (including phenoxy) is 1. The van der Waals surface area contributed by atoms with Crippen LogP contribution in [0.5, 0.6) is 0 Å². The van der Waals surface area contributed by atoms with Crippen molar-refractivity contribution in [2.24, 2.45) is 0 Å². The van der Waals surface area contributed by atoms with Crippen LogP contribution < -0.4 is 0 Å². The largest absolute Gasteiger partial charge is 0.465 e. The lowest BCUT2D eigenvalue weighted by molar-refractivity contribution is -0.0494. The normalized spacial score (nSPS) is 21.7. The van der Waals surface area contributed by atoms with E-state index in [-0.39, 0.29) is 18.6 Å². The quantitative estimate of drug-likeness (QED) is 0.644. The average molecular weight is 343 g/mol. The van der Waals surface area contributed by atoms with Crippen LogP contribution in [-0.4, -0.2) is 34.3 Å². The standard InChI is InChI=1S/C17H20F3NO3/c1-9-5-14(21(16(22)23)17(2,3)4)15(24-8-9)10-6-12(19)13(20)7-11(10)18/h6-7,14-15H,1,5,8H2,2-4H3,(H,22,23)/t14-,15-/m0/s1. The maximum absolute atomic E-state index is 14.2. The molecule has 1 aromatic rings. The zero-order valence-electron chi connectivity index (χ0n) is 13.8. The first kappa shape index (κ1) is 18.3. The lowest BCUT2D eigenvalue weighted by atomic mass is 9.89. The average Bonchev–Trinajstić information content (AvgIpc) is 2.41. The van der Waals surface area contributed by atoms with Gasteiger partial charge in [0.05, 0.1) is 12.6 Å². The highest BCUT2D eigenvalue weighted by Crippen LogP contribution is 2.38. The smallest absolute Gasteiger partial charge is 0.408 e. The SMILES string of the molecule is C=C1CO[C@@H](c2cc(F)c(F)cc2F)[C@@H](N(C(=O)O)C(C)(C)C)C1. The molecule has 1 aliphatic rings. The molecule has 2 rings (SSSR count). The van der Waals surface area contributed by atoms with E-state index >= 15 is 0 Å². The molecule has 132 valence electrons. The minimum Gasteiger partial charge on any atom is -0.465 e. The Balaban J connectivity index is 2.52. The number of hydrogen-bond donors (Lipinski definition) is 1. The molecule has 1 aromatic carbocycles. The Morgan fingerprint density at radius 2 is 1.83 bits per heavy atom. The first-order valence-corrected chi connectivity index (χ1v) is 7.47. The Morgan fingerprint density at radius 3 is 2.38 bits per heavy atom. The van der Waals surface area contributed by atoms with E-state index < -0.39 is 41.2 Å². The summed E-state index contributed by atoms with van der Waals surface area (Å²) >= 11 is 0. The van der Waals surface area contributed by atoms with Crippen LogP contribution >= 0.6 is 0 Å². The summed E-state index contributed by atoms with van der Waals surface area (Å²) in [6.07, 6.45) is -2.02. The third-order valence-corrected chi connectivity index (χ3v) is 3.92. The number of carboxylic acid groups (broad SMARTS) is 1. The predicted octanol–water partition coefficient (Wildman–Crippen LogP) is 4.27. The Morgan fingerprint density at radius 1 is 1.25 bits per heavy atom. The van der Waals surface area contributed by atoms with E-state index in [0.29, 0.717) is 11.6 Å². The van der Waals surface area contributed by atoms with Crippen molar-refractivity contribution in [1.29, 1.82) is 0 Å². The molecular formula is C17H20F3NO3. The Hall–Kier alpha value is -2.02. The molecule has 0 unspecified atom stereocenters. The molecule has 1 fully saturated rings. The second kappa shape index (κ2) is 6.47. The first-order valence-electron chi connectivity index (χ1n) is 7.47. The van der Waals surface area contributed by atoms with E-state index in [0.717, 1.165) is 11.0 Å². The molecule has 1 heterocycles. The number of halogens is 3. The third kappa shape index (κ3) is 3.56. The van der Waals surface area contributed by atoms with Crippen LogP contribution in [-0.2, 0) is 4.74 Å². The second-order valence-corrected chi connectivity index (χ2v) is 6.86. The highest BCUT2D eigenvalue weighted by molar-refractivity contribution is 5.67. The molecule has 24 heavy (non-hydrogen) atoms. The minimum absolute atomic E-state index is 0.0944. The topological polar surface area (TPSA) is 49.8 Å². The first-order chi connectivity index (χ1) is 11.0. The zero-order valence-corrected chi connectivity index (χ0v) is 13.8. The fourth-order valence-corrected chi connectivity index (χ4v) is 2.99. The summed E-state index contributed by atoms with van der Waals surface area (Å²) < 4.78 is 46.5. The van der Waals surface area contributed by atoms with Gasteiger partial charge in [-0.25, -0.2) is 18.0 Å². The highest BCUT2D eigenvalue weighted by Gasteiger charge is 2.42. The van der Waals surface area contributed by atoms with E-state index in [9.17, 15) is 23.1 Å². The number of amides is 1. The molecule has 1 N–H and O–H groups in total. The molecule has 0 radical (unpaired) electrons. The van der Waals surface area contributed by atoms with Gasteiger partial charge in [-0.05, 0) is 38.8 Å². The van der Waals surface area contributed by atoms with Crippen LogP contribution in [0.25, 0.3) is 0 Å². The van der Waals surface area contributed by atoms with Gasteiger partial charge in [0.25, 0.3) is 0 Å². The third-order valence-electron chi connectivity index (χ3n) is 3.92. The molecule has 0 bridgehead atoms. The molecule has 1 saturated heterocycles. The van der Waals surface area contributed by atoms with Gasteiger partial charge in [-0.2, -0.15) is 0 Å². The van der Waals surface area contributed by atoms with E-state index in [1.54, 1.807) is 20.8 Å². The van der Waals surface area contributed by atoms with E-state index in [1.807, 2.05) is 0 Å². The van der Waals surface area contributed by atoms with Crippen LogP contribution in [0, 0.1) is 17.5 Å². The van der Waals surface area contributed by atoms with Crippen molar-refractivity contribution in [3.8, 4) is 0 Å². The van der Waals surface area contributed by atoms with Gasteiger partial charge in [-0.3, -0.25) is 4.90 Å². The lowest BCUT2D eigenvalue weighted by Crippen LogP contribution is -2.55. The van der Waals surface area contributed by atoms with Crippen molar-refractivity contribution in [3.05, 3.63) is 47.3 Å². The van der Waals surface area contributed by atoms with E-state index in [1.165, 1.54) is 0 Å². The summed E-state index contributed by atoms with van der Waals surface area (Å²) in [6.45, 7) is 8.97. The van der Waals surface area contributed by atoms with Crippen molar-refractivity contribution < 1.29 is 27.8 Å². The summed E-state index contributed by atoms with van der Waals surface area (Å²) in [6, 6.07) is 0.360. The fraction of sp³-hybridized carbons (Fsp3) is 0.471. The minimum atomic E-state index is -1.31. The molecule has 1 amide bonds. The van der Waals surface area contributed by atoms with Crippen molar-refractivity contribution in [1.82, 2.24) is 4.90 Å². The van der Waals surface area contributed by atoms with Crippen molar-refractivity contribution in [3.63, 3.8) is 0 Å². The van der Waals surface area contributed by atoms with Gasteiger partial charge in [0.2, 0.25) is 0 Å². The van der Waals surface area contributed by atoms with Gasteiger partial charge >= 0.3 is 6.09 Å². The van der Waals surface area contributed by atoms with Gasteiger partial charge in [-0.15, -0.1) is 0 Å². The van der Waals surface area contributed by atoms with Crippen LogP contribution in [0.2, 0.25) is 0 Å². The van der Waals surface area contributed by atoms with E-state index in [4.69, 9.17) is 4.74 Å². The lowest BCUT2D eigenvalue weighted by Gasteiger charge is -2.45. The van der Waals surface area contributed by atoms with Crippen LogP contribution in [0.3, 0.4) is 0 Å². The fourth-order valence-electron chi connectivity index (χ4n) is 2.99. The van der Waals surface area contributed by atoms with Crippen molar-refractivity contribution in [2.75, 3.05) is 6.61 Å². The summed E-state index contributed by atoms with van der Waals surface area (Å²) in [4.78, 5) is 12.9. The molecule has 1 aliphatic heterocycles. The zero-order chi connectivity index (χ0) is 18.2. The molecule has 2 atom stereocenters. The van der Waals surface area contributed by atoms with Gasteiger partial charge in [0.1, 0.15) is 11.9 Å². The maximum Gasteiger partial charge on any atom is 0.408 e. The van der Waals surface area contributed by atoms with Gasteiger partial charge in [-0.1, -0.05) is 6.58 Å². The number of hydrogen-bond acceptors (Lipinski definition) is 2. The predicted molar refractivity (Wildman–Crippen MR) is 82.2 cm³/mol.